The van der Waals surface area contributed by atoms with E-state index < -0.39 is 0 Å². The van der Waals surface area contributed by atoms with Crippen LogP contribution in [0.3, 0.4) is 0 Å². The van der Waals surface area contributed by atoms with Gasteiger partial charge in [0.2, 0.25) is 0 Å². The maximum absolute atomic E-state index is 2.41. The Balaban J connectivity index is 1.93. The summed E-state index contributed by atoms with van der Waals surface area (Å²) in [4.78, 5) is 0. The molecular formula is C22H43N2+. The third-order valence-electron chi connectivity index (χ3n) is 5.27. The second-order valence-electron chi connectivity index (χ2n) is 7.28. The Kier molecular flexibility index (Phi) is 12.9. The minimum atomic E-state index is 1.10. The van der Waals surface area contributed by atoms with Gasteiger partial charge in [-0.25, -0.2) is 9.13 Å². The first-order valence-corrected chi connectivity index (χ1v) is 10.9. The summed E-state index contributed by atoms with van der Waals surface area (Å²) in [5.74, 6) is 1.52. The lowest BCUT2D eigenvalue weighted by atomic mass is 10.0. The molecule has 0 saturated heterocycles. The van der Waals surface area contributed by atoms with Crippen LogP contribution in [0.2, 0.25) is 0 Å². The van der Waals surface area contributed by atoms with E-state index in [4.69, 9.17) is 0 Å². The zero-order valence-electron chi connectivity index (χ0n) is 16.9. The van der Waals surface area contributed by atoms with Crippen molar-refractivity contribution in [3.05, 3.63) is 18.2 Å². The van der Waals surface area contributed by atoms with Crippen molar-refractivity contribution in [1.82, 2.24) is 4.57 Å². The number of aryl methyl sites for hydroxylation is 2. The fraction of sp³-hybridized carbons (Fsp3) is 0.864. The fourth-order valence-electron chi connectivity index (χ4n) is 3.66. The number of hydrogen-bond acceptors (Lipinski definition) is 0. The summed E-state index contributed by atoms with van der Waals surface area (Å²) in [6.07, 6.45) is 24.4. The van der Waals surface area contributed by atoms with E-state index in [0.29, 0.717) is 0 Å². The maximum Gasteiger partial charge on any atom is 0.256 e. The van der Waals surface area contributed by atoms with Crippen molar-refractivity contribution in [1.29, 1.82) is 0 Å². The summed E-state index contributed by atoms with van der Waals surface area (Å²) in [6.45, 7) is 8.98. The van der Waals surface area contributed by atoms with E-state index in [0.717, 1.165) is 13.1 Å². The summed E-state index contributed by atoms with van der Waals surface area (Å²) in [5.41, 5.74) is 0. The second kappa shape index (κ2) is 14.5. The Bertz CT molecular complexity index is 373. The molecule has 24 heavy (non-hydrogen) atoms. The third kappa shape index (κ3) is 8.89. The molecule has 2 heteroatoms. The quantitative estimate of drug-likeness (QED) is 0.242. The van der Waals surface area contributed by atoms with Gasteiger partial charge in [-0.05, 0) is 20.3 Å². The van der Waals surface area contributed by atoms with Crippen LogP contribution in [0, 0.1) is 0 Å². The van der Waals surface area contributed by atoms with Gasteiger partial charge in [0, 0.05) is 6.42 Å². The maximum atomic E-state index is 2.41. The van der Waals surface area contributed by atoms with E-state index in [2.05, 4.69) is 42.3 Å². The molecule has 0 aliphatic carbocycles. The van der Waals surface area contributed by atoms with Gasteiger partial charge in [0.05, 0.1) is 13.1 Å². The smallest absolute Gasteiger partial charge is 0.235 e. The number of unbranched alkanes of at least 4 members (excludes halogenated alkanes) is 12. The largest absolute Gasteiger partial charge is 0.256 e. The minimum absolute atomic E-state index is 1.10. The standard InChI is InChI=1S/C22H43N2/c1-4-7-8-9-10-11-12-13-14-15-16-17-18-19-22-23(5-2)20-21-24(22)6-3/h20-21H,4-19H2,1-3H3/q+1. The number of imidazole rings is 1. The van der Waals surface area contributed by atoms with Crippen LogP contribution in [0.25, 0.3) is 0 Å². The Morgan fingerprint density at radius 1 is 0.708 bits per heavy atom. The first kappa shape index (κ1) is 21.3. The van der Waals surface area contributed by atoms with Crippen LogP contribution in [0.4, 0.5) is 0 Å². The van der Waals surface area contributed by atoms with Crippen molar-refractivity contribution in [2.75, 3.05) is 0 Å². The van der Waals surface area contributed by atoms with Crippen LogP contribution in [0.15, 0.2) is 12.4 Å². The summed E-state index contributed by atoms with van der Waals surface area (Å²) in [7, 11) is 0. The molecule has 0 spiro atoms. The van der Waals surface area contributed by atoms with Gasteiger partial charge in [-0.3, -0.25) is 0 Å². The lowest BCUT2D eigenvalue weighted by Gasteiger charge is -2.04. The highest BCUT2D eigenvalue weighted by molar-refractivity contribution is 4.83. The molecule has 2 nitrogen and oxygen atoms in total. The van der Waals surface area contributed by atoms with Crippen LogP contribution in [0.5, 0.6) is 0 Å². The fourth-order valence-corrected chi connectivity index (χ4v) is 3.66. The van der Waals surface area contributed by atoms with E-state index in [9.17, 15) is 0 Å². The van der Waals surface area contributed by atoms with Crippen LogP contribution in [-0.2, 0) is 19.5 Å². The Morgan fingerprint density at radius 3 is 1.67 bits per heavy atom. The molecule has 0 atom stereocenters. The van der Waals surface area contributed by atoms with Crippen molar-refractivity contribution < 1.29 is 4.57 Å². The predicted molar refractivity (Wildman–Crippen MR) is 105 cm³/mol. The second-order valence-corrected chi connectivity index (χ2v) is 7.28. The third-order valence-corrected chi connectivity index (χ3v) is 5.27. The monoisotopic (exact) mass is 335 g/mol. The molecule has 0 N–H and O–H groups in total. The molecule has 0 saturated carbocycles. The number of rotatable bonds is 16. The summed E-state index contributed by atoms with van der Waals surface area (Å²) >= 11 is 0. The van der Waals surface area contributed by atoms with Crippen molar-refractivity contribution >= 4 is 0 Å². The van der Waals surface area contributed by atoms with Gasteiger partial charge in [0.15, 0.2) is 0 Å². The van der Waals surface area contributed by atoms with Crippen molar-refractivity contribution in [2.45, 2.75) is 124 Å². The summed E-state index contributed by atoms with van der Waals surface area (Å²) in [6, 6.07) is 0. The minimum Gasteiger partial charge on any atom is -0.235 e. The van der Waals surface area contributed by atoms with Crippen molar-refractivity contribution in [3.8, 4) is 0 Å². The zero-order valence-corrected chi connectivity index (χ0v) is 16.9. The van der Waals surface area contributed by atoms with E-state index in [1.807, 2.05) is 0 Å². The molecular weight excluding hydrogens is 292 g/mol. The van der Waals surface area contributed by atoms with Gasteiger partial charge in [0.1, 0.15) is 12.4 Å². The molecule has 0 aromatic carbocycles. The average Bonchev–Trinajstić information content (AvgIpc) is 3.01. The van der Waals surface area contributed by atoms with Gasteiger partial charge in [-0.2, -0.15) is 0 Å². The SMILES string of the molecule is CCCCCCCCCCCCCCCc1n(CC)cc[n+]1CC. The molecule has 1 aromatic rings. The molecule has 140 valence electrons. The highest BCUT2D eigenvalue weighted by Crippen LogP contribution is 2.13. The van der Waals surface area contributed by atoms with E-state index >= 15 is 0 Å². The number of hydrogen-bond donors (Lipinski definition) is 0. The molecule has 0 radical (unpaired) electrons. The lowest BCUT2D eigenvalue weighted by Crippen LogP contribution is -2.35. The lowest BCUT2D eigenvalue weighted by molar-refractivity contribution is -0.700. The van der Waals surface area contributed by atoms with Crippen molar-refractivity contribution in [2.24, 2.45) is 0 Å². The highest BCUT2D eigenvalue weighted by Gasteiger charge is 2.13. The molecule has 1 heterocycles. The van der Waals surface area contributed by atoms with Gasteiger partial charge in [-0.15, -0.1) is 0 Å². The molecule has 1 rings (SSSR count). The Labute approximate surface area is 151 Å². The molecule has 0 fully saturated rings. The first-order valence-electron chi connectivity index (χ1n) is 10.9. The van der Waals surface area contributed by atoms with Crippen LogP contribution in [-0.4, -0.2) is 4.57 Å². The zero-order chi connectivity index (χ0) is 17.5. The van der Waals surface area contributed by atoms with Gasteiger partial charge < -0.3 is 0 Å². The summed E-state index contributed by atoms with van der Waals surface area (Å²) < 4.78 is 4.81. The Hall–Kier alpha value is -0.790. The van der Waals surface area contributed by atoms with Crippen LogP contribution < -0.4 is 4.57 Å². The molecule has 1 aromatic heterocycles. The normalized spacial score (nSPS) is 11.3. The molecule has 0 bridgehead atoms. The van der Waals surface area contributed by atoms with Gasteiger partial charge in [0.25, 0.3) is 5.82 Å². The highest BCUT2D eigenvalue weighted by atomic mass is 15.1. The van der Waals surface area contributed by atoms with E-state index in [1.54, 1.807) is 0 Å². The molecule has 0 unspecified atom stereocenters. The van der Waals surface area contributed by atoms with Crippen LogP contribution >= 0.6 is 0 Å². The van der Waals surface area contributed by atoms with E-state index in [-0.39, 0.29) is 0 Å². The molecule has 0 aliphatic heterocycles. The number of nitrogens with zero attached hydrogens (tertiary/aromatic N) is 2. The molecule has 0 amide bonds. The van der Waals surface area contributed by atoms with Gasteiger partial charge in [-0.1, -0.05) is 84.0 Å². The summed E-state index contributed by atoms with van der Waals surface area (Å²) in [5, 5.41) is 0. The Morgan fingerprint density at radius 2 is 1.21 bits per heavy atom. The van der Waals surface area contributed by atoms with E-state index in [1.165, 1.54) is 95.7 Å². The van der Waals surface area contributed by atoms with Crippen molar-refractivity contribution in [3.63, 3.8) is 0 Å². The average molecular weight is 336 g/mol. The number of aromatic nitrogens is 2. The predicted octanol–water partition coefficient (Wildman–Crippen LogP) is 6.45. The molecule has 0 aliphatic rings. The first-order chi connectivity index (χ1) is 11.8. The van der Waals surface area contributed by atoms with Crippen LogP contribution in [0.1, 0.15) is 110 Å². The van der Waals surface area contributed by atoms with Gasteiger partial charge >= 0.3 is 0 Å². The topological polar surface area (TPSA) is 8.81 Å².